The monoisotopic (exact) mass is 490 g/mol. The number of esters is 1. The van der Waals surface area contributed by atoms with E-state index < -0.39 is 0 Å². The molecule has 0 amide bonds. The molecular formula is C32H42O2S. The first kappa shape index (κ1) is 27.2. The largest absolute Gasteiger partial charge is 0.462 e. The summed E-state index contributed by atoms with van der Waals surface area (Å²) in [6, 6.07) is 18.4. The van der Waals surface area contributed by atoms with E-state index in [1.165, 1.54) is 89.4 Å². The van der Waals surface area contributed by atoms with Crippen LogP contribution in [0.15, 0.2) is 60.7 Å². The van der Waals surface area contributed by atoms with Crippen LogP contribution < -0.4 is 0 Å². The number of benzene rings is 2. The minimum atomic E-state index is -0.264. The maximum atomic E-state index is 11.3. The highest BCUT2D eigenvalue weighted by Gasteiger charge is 2.06. The predicted molar refractivity (Wildman–Crippen MR) is 152 cm³/mol. The zero-order valence-corrected chi connectivity index (χ0v) is 22.6. The van der Waals surface area contributed by atoms with Gasteiger partial charge in [0.25, 0.3) is 0 Å². The lowest BCUT2D eigenvalue weighted by Gasteiger charge is -2.05. The molecule has 35 heavy (non-hydrogen) atoms. The van der Waals surface area contributed by atoms with Gasteiger partial charge < -0.3 is 4.74 Å². The fourth-order valence-electron chi connectivity index (χ4n) is 4.41. The molecule has 0 unspecified atom stereocenters. The van der Waals surface area contributed by atoms with Crippen molar-refractivity contribution in [3.05, 3.63) is 71.8 Å². The van der Waals surface area contributed by atoms with Crippen LogP contribution in [0.4, 0.5) is 0 Å². The average Bonchev–Trinajstić information content (AvgIpc) is 3.30. The van der Waals surface area contributed by atoms with E-state index in [9.17, 15) is 4.79 Å². The van der Waals surface area contributed by atoms with Crippen LogP contribution in [0.3, 0.4) is 0 Å². The molecule has 0 saturated heterocycles. The summed E-state index contributed by atoms with van der Waals surface area (Å²) in [5.74, 6) is -0.264. The van der Waals surface area contributed by atoms with Crippen molar-refractivity contribution in [3.63, 3.8) is 0 Å². The predicted octanol–water partition coefficient (Wildman–Crippen LogP) is 9.69. The van der Waals surface area contributed by atoms with Crippen LogP contribution in [-0.2, 0) is 22.4 Å². The molecule has 0 aliphatic carbocycles. The highest BCUT2D eigenvalue weighted by Crippen LogP contribution is 2.34. The summed E-state index contributed by atoms with van der Waals surface area (Å²) < 4.78 is 6.54. The van der Waals surface area contributed by atoms with Gasteiger partial charge in [-0.1, -0.05) is 101 Å². The van der Waals surface area contributed by atoms with E-state index in [4.69, 9.17) is 4.74 Å². The van der Waals surface area contributed by atoms with Crippen molar-refractivity contribution in [2.45, 2.75) is 90.9 Å². The Labute approximate surface area is 216 Å². The van der Waals surface area contributed by atoms with Gasteiger partial charge >= 0.3 is 5.97 Å². The van der Waals surface area contributed by atoms with Gasteiger partial charge in [-0.2, -0.15) is 0 Å². The topological polar surface area (TPSA) is 26.3 Å². The molecular weight excluding hydrogens is 448 g/mol. The third kappa shape index (κ3) is 9.29. The number of hydrogen-bond donors (Lipinski definition) is 0. The Morgan fingerprint density at radius 1 is 0.800 bits per heavy atom. The van der Waals surface area contributed by atoms with Gasteiger partial charge in [-0.25, -0.2) is 4.79 Å². The molecule has 0 atom stereocenters. The summed E-state index contributed by atoms with van der Waals surface area (Å²) >= 11 is 1.92. The Balaban J connectivity index is 1.25. The molecule has 0 spiro atoms. The molecule has 1 heterocycles. The standard InChI is InChI=1S/C32H42O2S/c1-4-26-16-19-28(20-17-26)31-24-29-21-18-27(23-30(29)35-31)15-13-11-9-7-5-6-8-10-12-14-22-34-32(33)25(2)3/h16-21,23-24H,2,4-15,22H2,1,3H3. The number of carbonyl (C=O) groups is 1. The Kier molecular flexibility index (Phi) is 11.6. The smallest absolute Gasteiger partial charge is 0.333 e. The van der Waals surface area contributed by atoms with Crippen molar-refractivity contribution in [3.8, 4) is 10.4 Å². The minimum Gasteiger partial charge on any atom is -0.462 e. The van der Waals surface area contributed by atoms with Crippen LogP contribution in [0.1, 0.15) is 89.2 Å². The maximum Gasteiger partial charge on any atom is 0.333 e. The second-order valence-electron chi connectivity index (χ2n) is 9.74. The number of unbranched alkanes of at least 4 members (excludes halogenated alkanes) is 9. The SMILES string of the molecule is C=C(C)C(=O)OCCCCCCCCCCCCc1ccc2cc(-c3ccc(CC)cc3)sc2c1. The maximum absolute atomic E-state index is 11.3. The first-order valence-electron chi connectivity index (χ1n) is 13.5. The van der Waals surface area contributed by atoms with Crippen molar-refractivity contribution >= 4 is 27.4 Å². The molecule has 0 N–H and O–H groups in total. The molecule has 0 aliphatic rings. The molecule has 3 aromatic rings. The normalized spacial score (nSPS) is 11.1. The molecule has 3 heteroatoms. The molecule has 3 rings (SSSR count). The van der Waals surface area contributed by atoms with E-state index in [0.717, 1.165) is 19.3 Å². The zero-order valence-electron chi connectivity index (χ0n) is 21.7. The fourth-order valence-corrected chi connectivity index (χ4v) is 5.54. The van der Waals surface area contributed by atoms with E-state index in [2.05, 4.69) is 62.0 Å². The lowest BCUT2D eigenvalue weighted by molar-refractivity contribution is -0.139. The lowest BCUT2D eigenvalue weighted by Crippen LogP contribution is -2.05. The lowest BCUT2D eigenvalue weighted by atomic mass is 10.0. The Bertz CT molecular complexity index is 1060. The molecule has 1 aromatic heterocycles. The summed E-state index contributed by atoms with van der Waals surface area (Å²) in [6.07, 6.45) is 14.9. The van der Waals surface area contributed by atoms with E-state index in [1.807, 2.05) is 11.3 Å². The molecule has 0 aliphatic heterocycles. The fraction of sp³-hybridized carbons (Fsp3) is 0.469. The number of fused-ring (bicyclic) bond motifs is 1. The first-order chi connectivity index (χ1) is 17.1. The van der Waals surface area contributed by atoms with Crippen LogP contribution in [0.25, 0.3) is 20.5 Å². The second kappa shape index (κ2) is 14.9. The molecule has 0 saturated carbocycles. The van der Waals surface area contributed by atoms with Gasteiger partial charge in [0.1, 0.15) is 0 Å². The zero-order chi connectivity index (χ0) is 24.9. The van der Waals surface area contributed by atoms with Crippen molar-refractivity contribution in [1.82, 2.24) is 0 Å². The molecule has 2 aromatic carbocycles. The van der Waals surface area contributed by atoms with Crippen molar-refractivity contribution in [2.75, 3.05) is 6.61 Å². The molecule has 188 valence electrons. The highest BCUT2D eigenvalue weighted by atomic mass is 32.1. The van der Waals surface area contributed by atoms with Crippen molar-refractivity contribution in [1.29, 1.82) is 0 Å². The summed E-state index contributed by atoms with van der Waals surface area (Å²) in [7, 11) is 0. The van der Waals surface area contributed by atoms with Crippen LogP contribution >= 0.6 is 11.3 Å². The van der Waals surface area contributed by atoms with Gasteiger partial charge in [0.2, 0.25) is 0 Å². The Morgan fingerprint density at radius 2 is 1.40 bits per heavy atom. The Morgan fingerprint density at radius 3 is 2.03 bits per heavy atom. The minimum absolute atomic E-state index is 0.264. The van der Waals surface area contributed by atoms with Crippen molar-refractivity contribution in [2.24, 2.45) is 0 Å². The van der Waals surface area contributed by atoms with E-state index >= 15 is 0 Å². The number of thiophene rings is 1. The van der Waals surface area contributed by atoms with Gasteiger partial charge in [-0.05, 0) is 66.8 Å². The number of aryl methyl sites for hydroxylation is 2. The van der Waals surface area contributed by atoms with Gasteiger partial charge in [0, 0.05) is 15.2 Å². The number of carbonyl (C=O) groups excluding carboxylic acids is 1. The summed E-state index contributed by atoms with van der Waals surface area (Å²) in [6.45, 7) is 8.02. The van der Waals surface area contributed by atoms with Gasteiger partial charge in [-0.15, -0.1) is 11.3 Å². The number of ether oxygens (including phenoxy) is 1. The van der Waals surface area contributed by atoms with E-state index in [-0.39, 0.29) is 5.97 Å². The second-order valence-corrected chi connectivity index (χ2v) is 10.8. The molecule has 0 bridgehead atoms. The van der Waals surface area contributed by atoms with Crippen molar-refractivity contribution < 1.29 is 9.53 Å². The quantitative estimate of drug-likeness (QED) is 0.113. The van der Waals surface area contributed by atoms with Crippen LogP contribution in [0.5, 0.6) is 0 Å². The third-order valence-corrected chi connectivity index (χ3v) is 7.82. The summed E-state index contributed by atoms with van der Waals surface area (Å²) in [4.78, 5) is 12.7. The van der Waals surface area contributed by atoms with Gasteiger partial charge in [0.05, 0.1) is 6.61 Å². The van der Waals surface area contributed by atoms with Crippen LogP contribution in [0.2, 0.25) is 0 Å². The van der Waals surface area contributed by atoms with Gasteiger partial charge in [0.15, 0.2) is 0 Å². The molecule has 0 radical (unpaired) electrons. The van der Waals surface area contributed by atoms with Crippen LogP contribution in [0, 0.1) is 0 Å². The van der Waals surface area contributed by atoms with Crippen LogP contribution in [-0.4, -0.2) is 12.6 Å². The van der Waals surface area contributed by atoms with Gasteiger partial charge in [-0.3, -0.25) is 0 Å². The summed E-state index contributed by atoms with van der Waals surface area (Å²) in [5, 5.41) is 1.36. The molecule has 0 fully saturated rings. The van der Waals surface area contributed by atoms with E-state index in [1.54, 1.807) is 6.92 Å². The molecule has 2 nitrogen and oxygen atoms in total. The number of rotatable bonds is 16. The third-order valence-electron chi connectivity index (χ3n) is 6.67. The highest BCUT2D eigenvalue weighted by molar-refractivity contribution is 7.22. The number of hydrogen-bond acceptors (Lipinski definition) is 3. The van der Waals surface area contributed by atoms with E-state index in [0.29, 0.717) is 12.2 Å². The average molecular weight is 491 g/mol. The summed E-state index contributed by atoms with van der Waals surface area (Å²) in [5.41, 5.74) is 4.68. The first-order valence-corrected chi connectivity index (χ1v) is 14.3. The Hall–Kier alpha value is -2.39.